The number of morpholine rings is 1. The van der Waals surface area contributed by atoms with E-state index in [4.69, 9.17) is 4.74 Å². The van der Waals surface area contributed by atoms with Crippen LogP contribution >= 0.6 is 0 Å². The molecule has 0 N–H and O–H groups in total. The molecule has 0 unspecified atom stereocenters. The van der Waals surface area contributed by atoms with E-state index in [0.717, 1.165) is 5.69 Å². The van der Waals surface area contributed by atoms with E-state index in [1.807, 2.05) is 19.9 Å². The maximum atomic E-state index is 15.1. The highest BCUT2D eigenvalue weighted by atomic mass is 32.2. The predicted molar refractivity (Wildman–Crippen MR) is 126 cm³/mol. The van der Waals surface area contributed by atoms with Crippen molar-refractivity contribution in [2.45, 2.75) is 64.3 Å². The van der Waals surface area contributed by atoms with Crippen molar-refractivity contribution >= 4 is 21.3 Å². The molecule has 1 saturated heterocycles. The Morgan fingerprint density at radius 3 is 2.25 bits per heavy atom. The first-order valence-electron chi connectivity index (χ1n) is 11.0. The largest absolute Gasteiger partial charge is 0.372 e. The molecule has 7 heteroatoms. The average Bonchev–Trinajstić information content (AvgIpc) is 2.71. The summed E-state index contributed by atoms with van der Waals surface area (Å²) in [5.41, 5.74) is 2.79. The summed E-state index contributed by atoms with van der Waals surface area (Å²) >= 11 is 0. The van der Waals surface area contributed by atoms with Gasteiger partial charge in [0.1, 0.15) is 5.82 Å². The highest BCUT2D eigenvalue weighted by Gasteiger charge is 2.25. The number of nitrogens with zero attached hydrogens (tertiary/aromatic N) is 1. The molecule has 5 nitrogen and oxygen atoms in total. The quantitative estimate of drug-likeness (QED) is 0.568. The highest BCUT2D eigenvalue weighted by molar-refractivity contribution is 7.91. The molecule has 0 radical (unpaired) electrons. The molecule has 0 amide bonds. The summed E-state index contributed by atoms with van der Waals surface area (Å²) in [6.45, 7) is 10.4. The summed E-state index contributed by atoms with van der Waals surface area (Å²) < 4.78 is 45.1. The van der Waals surface area contributed by atoms with E-state index in [-0.39, 0.29) is 36.0 Å². The van der Waals surface area contributed by atoms with Gasteiger partial charge in [-0.05, 0) is 51.8 Å². The summed E-state index contributed by atoms with van der Waals surface area (Å²) in [7, 11) is -3.21. The Hall–Kier alpha value is -2.25. The zero-order chi connectivity index (χ0) is 23.6. The van der Waals surface area contributed by atoms with Crippen LogP contribution in [0.15, 0.2) is 36.4 Å². The molecule has 1 aliphatic heterocycles. The van der Waals surface area contributed by atoms with Gasteiger partial charge in [-0.3, -0.25) is 4.79 Å². The predicted octanol–water partition coefficient (Wildman–Crippen LogP) is 4.50. The number of hydrogen-bond acceptors (Lipinski definition) is 5. The Morgan fingerprint density at radius 1 is 1.09 bits per heavy atom. The number of carbonyl (C=O) groups is 1. The number of rotatable bonds is 7. The molecule has 1 fully saturated rings. The molecule has 32 heavy (non-hydrogen) atoms. The zero-order valence-corrected chi connectivity index (χ0v) is 20.2. The summed E-state index contributed by atoms with van der Waals surface area (Å²) in [4.78, 5) is 14.9. The lowest BCUT2D eigenvalue weighted by Gasteiger charge is -2.37. The lowest BCUT2D eigenvalue weighted by Crippen LogP contribution is -2.45. The first kappa shape index (κ1) is 24.4. The van der Waals surface area contributed by atoms with Crippen LogP contribution in [-0.4, -0.2) is 44.7 Å². The average molecular weight is 462 g/mol. The second-order valence-electron chi connectivity index (χ2n) is 9.00. The number of carbonyl (C=O) groups excluding carboxylic acids is 1. The Morgan fingerprint density at radius 2 is 1.69 bits per heavy atom. The molecular weight excluding hydrogens is 429 g/mol. The van der Waals surface area contributed by atoms with Crippen molar-refractivity contribution in [2.75, 3.05) is 18.0 Å². The number of hydrogen-bond donors (Lipinski definition) is 0. The van der Waals surface area contributed by atoms with E-state index < -0.39 is 15.1 Å². The lowest BCUT2D eigenvalue weighted by molar-refractivity contribution is -0.00526. The minimum atomic E-state index is -3.21. The Bertz CT molecular complexity index is 1070. The standard InChI is InChI=1S/C25H32FNO4S/c1-16(2)32(29,30)15-20-6-8-21(9-7-20)24(28)12-22-10-11-23(19(5)25(22)26)27-13-17(3)31-18(4)14-27/h6-11,16-18H,12-15H2,1-5H3/t17-,18+. The van der Waals surface area contributed by atoms with Gasteiger partial charge < -0.3 is 9.64 Å². The first-order valence-corrected chi connectivity index (χ1v) is 12.7. The monoisotopic (exact) mass is 461 g/mol. The fourth-order valence-corrected chi connectivity index (χ4v) is 5.04. The van der Waals surface area contributed by atoms with Gasteiger partial charge in [0.05, 0.1) is 23.2 Å². The van der Waals surface area contributed by atoms with Crippen LogP contribution in [0.2, 0.25) is 0 Å². The van der Waals surface area contributed by atoms with Gasteiger partial charge in [0, 0.05) is 36.3 Å². The third kappa shape index (κ3) is 5.56. The number of Topliss-reactive ketones (excluding diaryl/α,β-unsaturated/α-hetero) is 1. The van der Waals surface area contributed by atoms with E-state index in [1.165, 1.54) is 0 Å². The maximum Gasteiger partial charge on any atom is 0.167 e. The second kappa shape index (κ2) is 9.71. The Labute approximate surface area is 190 Å². The van der Waals surface area contributed by atoms with Gasteiger partial charge in [0.2, 0.25) is 0 Å². The summed E-state index contributed by atoms with van der Waals surface area (Å²) in [5, 5.41) is -0.457. The molecule has 1 heterocycles. The zero-order valence-electron chi connectivity index (χ0n) is 19.4. The van der Waals surface area contributed by atoms with Crippen molar-refractivity contribution in [1.82, 2.24) is 0 Å². The first-order chi connectivity index (χ1) is 15.0. The Balaban J connectivity index is 1.73. The lowest BCUT2D eigenvalue weighted by atomic mass is 9.99. The second-order valence-corrected chi connectivity index (χ2v) is 11.6. The molecule has 0 aromatic heterocycles. The van der Waals surface area contributed by atoms with Gasteiger partial charge in [-0.25, -0.2) is 12.8 Å². The van der Waals surface area contributed by atoms with Gasteiger partial charge in [0.25, 0.3) is 0 Å². The van der Waals surface area contributed by atoms with Crippen molar-refractivity contribution in [3.63, 3.8) is 0 Å². The fourth-order valence-electron chi connectivity index (χ4n) is 4.05. The third-order valence-corrected chi connectivity index (χ3v) is 8.08. The number of sulfone groups is 1. The van der Waals surface area contributed by atoms with Crippen LogP contribution in [0.1, 0.15) is 54.7 Å². The summed E-state index contributed by atoms with van der Waals surface area (Å²) in [6.07, 6.45) is 0.0916. The third-order valence-electron chi connectivity index (χ3n) is 5.91. The molecule has 174 valence electrons. The van der Waals surface area contributed by atoms with Crippen molar-refractivity contribution < 1.29 is 22.3 Å². The molecule has 2 atom stereocenters. The molecule has 2 aromatic carbocycles. The van der Waals surface area contributed by atoms with Gasteiger partial charge in [0.15, 0.2) is 15.6 Å². The highest BCUT2D eigenvalue weighted by Crippen LogP contribution is 2.28. The van der Waals surface area contributed by atoms with Crippen LogP contribution in [0.3, 0.4) is 0 Å². The molecule has 2 aromatic rings. The minimum Gasteiger partial charge on any atom is -0.372 e. The van der Waals surface area contributed by atoms with E-state index in [1.54, 1.807) is 51.1 Å². The maximum absolute atomic E-state index is 15.1. The molecule has 1 aliphatic rings. The molecule has 3 rings (SSSR count). The van der Waals surface area contributed by atoms with E-state index >= 15 is 4.39 Å². The minimum absolute atomic E-state index is 0.0491. The van der Waals surface area contributed by atoms with E-state index in [0.29, 0.717) is 35.3 Å². The molecule has 0 aliphatic carbocycles. The smallest absolute Gasteiger partial charge is 0.167 e. The van der Waals surface area contributed by atoms with Crippen molar-refractivity contribution in [3.8, 4) is 0 Å². The van der Waals surface area contributed by atoms with Gasteiger partial charge in [-0.15, -0.1) is 0 Å². The number of anilines is 1. The summed E-state index contributed by atoms with van der Waals surface area (Å²) in [6, 6.07) is 10.1. The van der Waals surface area contributed by atoms with Crippen LogP contribution in [0.4, 0.5) is 10.1 Å². The van der Waals surface area contributed by atoms with Crippen molar-refractivity contribution in [2.24, 2.45) is 0 Å². The van der Waals surface area contributed by atoms with Crippen LogP contribution in [0, 0.1) is 12.7 Å². The topological polar surface area (TPSA) is 63.7 Å². The van der Waals surface area contributed by atoms with Crippen molar-refractivity contribution in [1.29, 1.82) is 0 Å². The molecule has 0 saturated carbocycles. The number of benzene rings is 2. The molecule has 0 spiro atoms. The van der Waals surface area contributed by atoms with E-state index in [9.17, 15) is 13.2 Å². The van der Waals surface area contributed by atoms with Crippen LogP contribution in [-0.2, 0) is 26.7 Å². The Kier molecular flexibility index (Phi) is 7.40. The van der Waals surface area contributed by atoms with Gasteiger partial charge >= 0.3 is 0 Å². The van der Waals surface area contributed by atoms with Crippen molar-refractivity contribution in [3.05, 3.63) is 64.5 Å². The fraction of sp³-hybridized carbons (Fsp3) is 0.480. The number of halogens is 1. The molecule has 0 bridgehead atoms. The number of ketones is 1. The van der Waals surface area contributed by atoms with E-state index in [2.05, 4.69) is 4.90 Å². The van der Waals surface area contributed by atoms with Crippen LogP contribution in [0.25, 0.3) is 0 Å². The SMILES string of the molecule is Cc1c(N2C[C@@H](C)O[C@@H](C)C2)ccc(CC(=O)c2ccc(CS(=O)(=O)C(C)C)cc2)c1F. The van der Waals surface area contributed by atoms with Gasteiger partial charge in [-0.2, -0.15) is 0 Å². The van der Waals surface area contributed by atoms with Gasteiger partial charge in [-0.1, -0.05) is 30.3 Å². The summed E-state index contributed by atoms with van der Waals surface area (Å²) in [5.74, 6) is -0.627. The van der Waals surface area contributed by atoms with Crippen LogP contribution < -0.4 is 4.90 Å². The van der Waals surface area contributed by atoms with Crippen LogP contribution in [0.5, 0.6) is 0 Å². The number of ether oxygens (including phenoxy) is 1. The normalized spacial score (nSPS) is 19.4. The molecular formula is C25H32FNO4S.